The lowest BCUT2D eigenvalue weighted by Gasteiger charge is -2.01. The Kier molecular flexibility index (Phi) is 2.68. The number of aromatic nitrogens is 3. The highest BCUT2D eigenvalue weighted by Gasteiger charge is 2.08. The Balaban J connectivity index is 2.14. The van der Waals surface area contributed by atoms with E-state index in [2.05, 4.69) is 10.2 Å². The molecule has 1 aromatic heterocycles. The topological polar surface area (TPSA) is 39.9 Å². The second-order valence-corrected chi connectivity index (χ2v) is 3.88. The number of fused-ring (bicyclic) bond motifs is 1. The molecule has 0 saturated carbocycles. The molecule has 0 N–H and O–H groups in total. The number of rotatable bonds is 3. The predicted octanol–water partition coefficient (Wildman–Crippen LogP) is 2.82. The summed E-state index contributed by atoms with van der Waals surface area (Å²) in [5.74, 6) is 0.775. The van der Waals surface area contributed by atoms with E-state index < -0.39 is 0 Å². The average molecular weight is 239 g/mol. The van der Waals surface area contributed by atoms with Crippen molar-refractivity contribution in [2.75, 3.05) is 6.61 Å². The molecular formula is C14H13N3O. The fraction of sp³-hybridized carbons (Fsp3) is 0.143. The normalized spacial score (nSPS) is 10.7. The lowest BCUT2D eigenvalue weighted by molar-refractivity contribution is 0.343. The van der Waals surface area contributed by atoms with Crippen LogP contribution < -0.4 is 4.74 Å². The zero-order valence-corrected chi connectivity index (χ0v) is 10.1. The molecule has 0 bridgehead atoms. The van der Waals surface area contributed by atoms with Crippen LogP contribution in [0.4, 0.5) is 0 Å². The molecule has 90 valence electrons. The van der Waals surface area contributed by atoms with Crippen LogP contribution in [0.5, 0.6) is 5.75 Å². The number of nitrogens with zero attached hydrogens (tertiary/aromatic N) is 3. The van der Waals surface area contributed by atoms with Gasteiger partial charge in [0.2, 0.25) is 0 Å². The monoisotopic (exact) mass is 239 g/mol. The first kappa shape index (κ1) is 10.8. The fourth-order valence-corrected chi connectivity index (χ4v) is 1.86. The highest BCUT2D eigenvalue weighted by atomic mass is 16.5. The maximum absolute atomic E-state index is 5.55. The van der Waals surface area contributed by atoms with Gasteiger partial charge in [-0.3, -0.25) is 0 Å². The number of hydrogen-bond acceptors (Lipinski definition) is 3. The highest BCUT2D eigenvalue weighted by Crippen LogP contribution is 2.23. The minimum Gasteiger partial charge on any atom is -0.491 e. The fourth-order valence-electron chi connectivity index (χ4n) is 1.86. The molecule has 0 aliphatic heterocycles. The largest absolute Gasteiger partial charge is 0.491 e. The van der Waals surface area contributed by atoms with Crippen molar-refractivity contribution in [2.24, 2.45) is 0 Å². The summed E-state index contributed by atoms with van der Waals surface area (Å²) in [7, 11) is 0. The zero-order valence-electron chi connectivity index (χ0n) is 10.1. The Hall–Kier alpha value is -2.36. The lowest BCUT2D eigenvalue weighted by Crippen LogP contribution is -1.97. The third-order valence-corrected chi connectivity index (χ3v) is 2.66. The van der Waals surface area contributed by atoms with E-state index in [1.54, 1.807) is 4.80 Å². The van der Waals surface area contributed by atoms with E-state index in [0.717, 1.165) is 22.5 Å². The molecule has 3 rings (SSSR count). The van der Waals surface area contributed by atoms with Crippen LogP contribution in [-0.2, 0) is 0 Å². The van der Waals surface area contributed by atoms with Gasteiger partial charge in [0.05, 0.1) is 12.3 Å². The van der Waals surface area contributed by atoms with Gasteiger partial charge >= 0.3 is 0 Å². The standard InChI is InChI=1S/C14H13N3O/c1-2-18-13-10-6-9-12-14(13)16-17(15-12)11-7-4-3-5-8-11/h3-10H,2H2,1H3. The molecule has 0 aliphatic rings. The second-order valence-electron chi connectivity index (χ2n) is 3.88. The third-order valence-electron chi connectivity index (χ3n) is 2.66. The maximum Gasteiger partial charge on any atom is 0.155 e. The summed E-state index contributed by atoms with van der Waals surface area (Å²) < 4.78 is 5.55. The van der Waals surface area contributed by atoms with Gasteiger partial charge in [0.15, 0.2) is 5.52 Å². The minimum absolute atomic E-state index is 0.622. The molecule has 0 saturated heterocycles. The smallest absolute Gasteiger partial charge is 0.155 e. The molecule has 2 aromatic carbocycles. The van der Waals surface area contributed by atoms with Crippen LogP contribution in [0.3, 0.4) is 0 Å². The maximum atomic E-state index is 5.55. The molecule has 3 aromatic rings. The first-order valence-electron chi connectivity index (χ1n) is 5.93. The van der Waals surface area contributed by atoms with Gasteiger partial charge in [-0.15, -0.1) is 10.2 Å². The molecule has 4 nitrogen and oxygen atoms in total. The Morgan fingerprint density at radius 3 is 2.61 bits per heavy atom. The Morgan fingerprint density at radius 1 is 1.00 bits per heavy atom. The van der Waals surface area contributed by atoms with Gasteiger partial charge in [0.1, 0.15) is 11.3 Å². The van der Waals surface area contributed by atoms with Crippen LogP contribution >= 0.6 is 0 Å². The second kappa shape index (κ2) is 4.49. The summed E-state index contributed by atoms with van der Waals surface area (Å²) in [6.07, 6.45) is 0. The van der Waals surface area contributed by atoms with Crippen molar-refractivity contribution in [3.05, 3.63) is 48.5 Å². The Morgan fingerprint density at radius 2 is 1.83 bits per heavy atom. The molecule has 4 heteroatoms. The molecular weight excluding hydrogens is 226 g/mol. The van der Waals surface area contributed by atoms with Crippen LogP contribution in [0.25, 0.3) is 16.7 Å². The van der Waals surface area contributed by atoms with Crippen molar-refractivity contribution in [3.8, 4) is 11.4 Å². The molecule has 0 aliphatic carbocycles. The first-order valence-corrected chi connectivity index (χ1v) is 5.93. The van der Waals surface area contributed by atoms with E-state index in [9.17, 15) is 0 Å². The molecule has 0 atom stereocenters. The van der Waals surface area contributed by atoms with Gasteiger partial charge in [-0.05, 0) is 31.2 Å². The molecule has 0 spiro atoms. The number of benzene rings is 2. The summed E-state index contributed by atoms with van der Waals surface area (Å²) in [4.78, 5) is 1.63. The number of para-hydroxylation sites is 1. The molecule has 0 radical (unpaired) electrons. The molecule has 0 amide bonds. The number of ether oxygens (including phenoxy) is 1. The average Bonchev–Trinajstić information content (AvgIpc) is 2.85. The van der Waals surface area contributed by atoms with E-state index in [4.69, 9.17) is 4.74 Å². The van der Waals surface area contributed by atoms with Gasteiger partial charge in [0.25, 0.3) is 0 Å². The van der Waals surface area contributed by atoms with Crippen molar-refractivity contribution in [1.82, 2.24) is 15.0 Å². The predicted molar refractivity (Wildman–Crippen MR) is 70.0 cm³/mol. The minimum atomic E-state index is 0.622. The SMILES string of the molecule is CCOc1cccc2nn(-c3ccccc3)nc12. The van der Waals surface area contributed by atoms with Crippen molar-refractivity contribution in [2.45, 2.75) is 6.92 Å². The van der Waals surface area contributed by atoms with Gasteiger partial charge in [-0.1, -0.05) is 24.3 Å². The van der Waals surface area contributed by atoms with E-state index in [-0.39, 0.29) is 0 Å². The van der Waals surface area contributed by atoms with Crippen LogP contribution in [0.1, 0.15) is 6.92 Å². The van der Waals surface area contributed by atoms with Crippen LogP contribution in [0, 0.1) is 0 Å². The van der Waals surface area contributed by atoms with E-state index in [1.807, 2.05) is 55.5 Å². The Labute approximate surface area is 105 Å². The first-order chi connectivity index (χ1) is 8.88. The number of hydrogen-bond donors (Lipinski definition) is 0. The van der Waals surface area contributed by atoms with Crippen LogP contribution in [-0.4, -0.2) is 21.6 Å². The summed E-state index contributed by atoms with van der Waals surface area (Å²) in [5, 5.41) is 8.93. The third kappa shape index (κ3) is 1.82. The van der Waals surface area contributed by atoms with Gasteiger partial charge < -0.3 is 4.74 Å². The van der Waals surface area contributed by atoms with Crippen molar-refractivity contribution < 1.29 is 4.74 Å². The summed E-state index contributed by atoms with van der Waals surface area (Å²) in [6.45, 7) is 2.58. The summed E-state index contributed by atoms with van der Waals surface area (Å²) >= 11 is 0. The molecule has 18 heavy (non-hydrogen) atoms. The van der Waals surface area contributed by atoms with E-state index >= 15 is 0 Å². The van der Waals surface area contributed by atoms with Crippen molar-refractivity contribution in [3.63, 3.8) is 0 Å². The zero-order chi connectivity index (χ0) is 12.4. The van der Waals surface area contributed by atoms with Crippen molar-refractivity contribution >= 4 is 11.0 Å². The summed E-state index contributed by atoms with van der Waals surface area (Å²) in [5.41, 5.74) is 2.57. The van der Waals surface area contributed by atoms with Crippen LogP contribution in [0.2, 0.25) is 0 Å². The highest BCUT2D eigenvalue weighted by molar-refractivity contribution is 5.80. The van der Waals surface area contributed by atoms with E-state index in [0.29, 0.717) is 6.61 Å². The van der Waals surface area contributed by atoms with Gasteiger partial charge in [-0.25, -0.2) is 0 Å². The van der Waals surface area contributed by atoms with Crippen LogP contribution in [0.15, 0.2) is 48.5 Å². The summed E-state index contributed by atoms with van der Waals surface area (Å²) in [6, 6.07) is 15.6. The Bertz CT molecular complexity index is 661. The lowest BCUT2D eigenvalue weighted by atomic mass is 10.3. The molecule has 0 unspecified atom stereocenters. The van der Waals surface area contributed by atoms with Gasteiger partial charge in [0, 0.05) is 0 Å². The van der Waals surface area contributed by atoms with Gasteiger partial charge in [-0.2, -0.15) is 4.80 Å². The molecule has 0 fully saturated rings. The molecule has 1 heterocycles. The quantitative estimate of drug-likeness (QED) is 0.705. The van der Waals surface area contributed by atoms with E-state index in [1.165, 1.54) is 0 Å². The van der Waals surface area contributed by atoms with Crippen molar-refractivity contribution in [1.29, 1.82) is 0 Å².